The lowest BCUT2D eigenvalue weighted by Crippen LogP contribution is -2.14. The van der Waals surface area contributed by atoms with Crippen molar-refractivity contribution in [2.24, 2.45) is 0 Å². The molecule has 0 fully saturated rings. The average Bonchev–Trinajstić information content (AvgIpc) is 2.46. The quantitative estimate of drug-likeness (QED) is 0.906. The van der Waals surface area contributed by atoms with Crippen molar-refractivity contribution in [1.29, 1.82) is 0 Å². The fourth-order valence-electron chi connectivity index (χ4n) is 1.69. The number of aromatic nitrogens is 1. The molecule has 0 radical (unpaired) electrons. The summed E-state index contributed by atoms with van der Waals surface area (Å²) < 4.78 is 5.00. The smallest absolute Gasteiger partial charge is 0.337 e. The Bertz CT molecular complexity index is 703. The minimum Gasteiger partial charge on any atom is -0.480 e. The van der Waals surface area contributed by atoms with Crippen LogP contribution in [0.15, 0.2) is 36.5 Å². The topological polar surface area (TPSA) is 88.5 Å². The highest BCUT2D eigenvalue weighted by Crippen LogP contribution is 2.22. The molecule has 6 nitrogen and oxygen atoms in total. The van der Waals surface area contributed by atoms with Crippen molar-refractivity contribution in [1.82, 2.24) is 4.98 Å². The number of nitrogens with one attached hydrogen (secondary N) is 1. The van der Waals surface area contributed by atoms with Crippen LogP contribution < -0.4 is 10.1 Å². The lowest BCUT2D eigenvalue weighted by atomic mass is 10.2. The van der Waals surface area contributed by atoms with E-state index in [0.717, 1.165) is 0 Å². The summed E-state index contributed by atoms with van der Waals surface area (Å²) in [7, 11) is 1.41. The van der Waals surface area contributed by atoms with Crippen LogP contribution in [0.1, 0.15) is 20.7 Å². The Kier molecular flexibility index (Phi) is 4.39. The van der Waals surface area contributed by atoms with E-state index in [9.17, 15) is 9.59 Å². The molecule has 1 aromatic carbocycles. The van der Waals surface area contributed by atoms with Crippen LogP contribution in [-0.2, 0) is 0 Å². The summed E-state index contributed by atoms with van der Waals surface area (Å²) >= 11 is 5.84. The molecule has 0 unspecified atom stereocenters. The van der Waals surface area contributed by atoms with Crippen LogP contribution in [0, 0.1) is 0 Å². The van der Waals surface area contributed by atoms with Gasteiger partial charge in [-0.3, -0.25) is 4.79 Å². The largest absolute Gasteiger partial charge is 0.480 e. The first-order valence-electron chi connectivity index (χ1n) is 5.86. The van der Waals surface area contributed by atoms with E-state index in [-0.39, 0.29) is 22.0 Å². The first kappa shape index (κ1) is 14.8. The number of carbonyl (C=O) groups excluding carboxylic acids is 1. The molecule has 2 rings (SSSR count). The molecule has 21 heavy (non-hydrogen) atoms. The number of aromatic carboxylic acids is 1. The van der Waals surface area contributed by atoms with Crippen molar-refractivity contribution in [3.05, 3.63) is 52.7 Å². The molecule has 0 aliphatic rings. The first-order chi connectivity index (χ1) is 10.0. The zero-order valence-corrected chi connectivity index (χ0v) is 11.7. The second-order valence-corrected chi connectivity index (χ2v) is 4.42. The van der Waals surface area contributed by atoms with E-state index >= 15 is 0 Å². The Morgan fingerprint density at radius 1 is 1.29 bits per heavy atom. The van der Waals surface area contributed by atoms with Crippen LogP contribution in [0.3, 0.4) is 0 Å². The number of nitrogens with zero attached hydrogens (tertiary/aromatic N) is 1. The third-order valence-electron chi connectivity index (χ3n) is 2.67. The summed E-state index contributed by atoms with van der Waals surface area (Å²) in [4.78, 5) is 26.9. The van der Waals surface area contributed by atoms with E-state index in [2.05, 4.69) is 10.3 Å². The Morgan fingerprint density at radius 3 is 2.67 bits per heavy atom. The Hall–Kier alpha value is -2.60. The van der Waals surface area contributed by atoms with Gasteiger partial charge in [-0.05, 0) is 30.3 Å². The number of amides is 1. The van der Waals surface area contributed by atoms with Crippen LogP contribution in [0.25, 0.3) is 0 Å². The molecule has 2 aromatic rings. The van der Waals surface area contributed by atoms with Crippen LogP contribution in [0.2, 0.25) is 5.02 Å². The molecule has 0 spiro atoms. The number of anilines is 1. The molecule has 0 aliphatic heterocycles. The standard InChI is InChI=1S/C14H11ClN2O4/c1-21-13-10(3-2-6-16-13)12(18)17-8-4-5-9(14(19)20)11(15)7-8/h2-7H,1H3,(H,17,18)(H,19,20). The molecule has 0 aliphatic carbocycles. The second-order valence-electron chi connectivity index (χ2n) is 4.01. The van der Waals surface area contributed by atoms with Gasteiger partial charge >= 0.3 is 5.97 Å². The summed E-state index contributed by atoms with van der Waals surface area (Å²) in [5.74, 6) is -1.37. The number of benzene rings is 1. The normalized spacial score (nSPS) is 10.0. The van der Waals surface area contributed by atoms with E-state index in [1.54, 1.807) is 12.1 Å². The fraction of sp³-hybridized carbons (Fsp3) is 0.0714. The zero-order chi connectivity index (χ0) is 15.4. The number of halogens is 1. The molecular formula is C14H11ClN2O4. The number of hydrogen-bond donors (Lipinski definition) is 2. The number of ether oxygens (including phenoxy) is 1. The maximum atomic E-state index is 12.1. The van der Waals surface area contributed by atoms with Gasteiger partial charge in [-0.2, -0.15) is 0 Å². The van der Waals surface area contributed by atoms with Crippen molar-refractivity contribution >= 4 is 29.2 Å². The number of methoxy groups -OCH3 is 1. The van der Waals surface area contributed by atoms with E-state index in [1.165, 1.54) is 31.5 Å². The van der Waals surface area contributed by atoms with Gasteiger partial charge in [0.25, 0.3) is 5.91 Å². The number of carboxylic acid groups (broad SMARTS) is 1. The predicted octanol–water partition coefficient (Wildman–Crippen LogP) is 2.69. The van der Waals surface area contributed by atoms with Crippen molar-refractivity contribution in [3.8, 4) is 5.88 Å². The first-order valence-corrected chi connectivity index (χ1v) is 6.24. The van der Waals surface area contributed by atoms with Crippen LogP contribution in [-0.4, -0.2) is 29.1 Å². The number of carboxylic acids is 1. The number of pyridine rings is 1. The minimum atomic E-state index is -1.13. The van der Waals surface area contributed by atoms with E-state index in [0.29, 0.717) is 5.69 Å². The van der Waals surface area contributed by atoms with Gasteiger partial charge in [0.05, 0.1) is 17.7 Å². The number of rotatable bonds is 4. The molecule has 0 saturated heterocycles. The highest BCUT2D eigenvalue weighted by atomic mass is 35.5. The van der Waals surface area contributed by atoms with Crippen molar-refractivity contribution in [2.75, 3.05) is 12.4 Å². The monoisotopic (exact) mass is 306 g/mol. The number of carbonyl (C=O) groups is 2. The SMILES string of the molecule is COc1ncccc1C(=O)Nc1ccc(C(=O)O)c(Cl)c1. The van der Waals surface area contributed by atoms with Crippen LogP contribution >= 0.6 is 11.6 Å². The molecule has 1 aromatic heterocycles. The zero-order valence-electron chi connectivity index (χ0n) is 11.0. The lowest BCUT2D eigenvalue weighted by molar-refractivity contribution is 0.0697. The molecule has 1 heterocycles. The van der Waals surface area contributed by atoms with E-state index in [1.807, 2.05) is 0 Å². The summed E-state index contributed by atoms with van der Waals surface area (Å²) in [5.41, 5.74) is 0.605. The lowest BCUT2D eigenvalue weighted by Gasteiger charge is -2.09. The van der Waals surface area contributed by atoms with Gasteiger partial charge < -0.3 is 15.2 Å². The third-order valence-corrected chi connectivity index (χ3v) is 2.98. The van der Waals surface area contributed by atoms with Gasteiger partial charge in [0, 0.05) is 11.9 Å². The maximum Gasteiger partial charge on any atom is 0.337 e. The fourth-order valence-corrected chi connectivity index (χ4v) is 1.95. The summed E-state index contributed by atoms with van der Waals surface area (Å²) in [5, 5.41) is 11.5. The highest BCUT2D eigenvalue weighted by molar-refractivity contribution is 6.33. The van der Waals surface area contributed by atoms with Crippen molar-refractivity contribution in [3.63, 3.8) is 0 Å². The second kappa shape index (κ2) is 6.23. The number of hydrogen-bond acceptors (Lipinski definition) is 4. The molecule has 0 bridgehead atoms. The molecule has 0 atom stereocenters. The summed E-state index contributed by atoms with van der Waals surface area (Å²) in [6.45, 7) is 0. The van der Waals surface area contributed by atoms with Crippen molar-refractivity contribution < 1.29 is 19.4 Å². The van der Waals surface area contributed by atoms with Gasteiger partial charge in [0.1, 0.15) is 5.56 Å². The Morgan fingerprint density at radius 2 is 2.05 bits per heavy atom. The van der Waals surface area contributed by atoms with Gasteiger partial charge in [0.2, 0.25) is 5.88 Å². The molecule has 1 amide bonds. The molecular weight excluding hydrogens is 296 g/mol. The summed E-state index contributed by atoms with van der Waals surface area (Å²) in [6, 6.07) is 7.31. The van der Waals surface area contributed by atoms with Gasteiger partial charge in [0.15, 0.2) is 0 Å². The van der Waals surface area contributed by atoms with E-state index < -0.39 is 11.9 Å². The molecule has 2 N–H and O–H groups in total. The van der Waals surface area contributed by atoms with Crippen LogP contribution in [0.4, 0.5) is 5.69 Å². The highest BCUT2D eigenvalue weighted by Gasteiger charge is 2.14. The van der Waals surface area contributed by atoms with Crippen LogP contribution in [0.5, 0.6) is 5.88 Å². The predicted molar refractivity (Wildman–Crippen MR) is 77.2 cm³/mol. The van der Waals surface area contributed by atoms with Gasteiger partial charge in [-0.1, -0.05) is 11.6 Å². The third kappa shape index (κ3) is 3.29. The Balaban J connectivity index is 2.24. The van der Waals surface area contributed by atoms with Gasteiger partial charge in [-0.15, -0.1) is 0 Å². The van der Waals surface area contributed by atoms with Crippen molar-refractivity contribution in [2.45, 2.75) is 0 Å². The molecule has 0 saturated carbocycles. The molecule has 7 heteroatoms. The minimum absolute atomic E-state index is 0.0337. The Labute approximate surface area is 125 Å². The average molecular weight is 307 g/mol. The maximum absolute atomic E-state index is 12.1. The summed E-state index contributed by atoms with van der Waals surface area (Å²) in [6.07, 6.45) is 1.51. The van der Waals surface area contributed by atoms with Gasteiger partial charge in [-0.25, -0.2) is 9.78 Å². The van der Waals surface area contributed by atoms with E-state index in [4.69, 9.17) is 21.4 Å². The molecule has 108 valence electrons.